The summed E-state index contributed by atoms with van der Waals surface area (Å²) < 4.78 is 5.14. The molecule has 1 atom stereocenters. The number of halogens is 1. The Kier molecular flexibility index (Phi) is 2.91. The quantitative estimate of drug-likeness (QED) is 0.702. The molecule has 4 heteroatoms. The normalized spacial score (nSPS) is 23.1. The zero-order valence-corrected chi connectivity index (χ0v) is 6.93. The standard InChI is InChI=1S/C7H10N2O.ClH/c1-2-6(8-3-1)7-9-4-5-10-7;/h4-6,8H,1-3H2;1H. The van der Waals surface area contributed by atoms with Gasteiger partial charge >= 0.3 is 0 Å². The molecule has 0 spiro atoms. The van der Waals surface area contributed by atoms with Crippen LogP contribution in [0.4, 0.5) is 0 Å². The Bertz CT molecular complexity index is 194. The third kappa shape index (κ3) is 1.73. The second-order valence-corrected chi connectivity index (χ2v) is 2.52. The SMILES string of the molecule is Cl.c1coc(C2CCCN2)n1. The van der Waals surface area contributed by atoms with Crippen LogP contribution in [-0.4, -0.2) is 11.5 Å². The molecule has 0 aliphatic carbocycles. The molecule has 1 aliphatic rings. The van der Waals surface area contributed by atoms with Crippen molar-refractivity contribution in [3.05, 3.63) is 18.4 Å². The molecule has 1 N–H and O–H groups in total. The third-order valence-electron chi connectivity index (χ3n) is 1.81. The Morgan fingerprint density at radius 1 is 1.64 bits per heavy atom. The van der Waals surface area contributed by atoms with Crippen molar-refractivity contribution in [3.8, 4) is 0 Å². The van der Waals surface area contributed by atoms with Gasteiger partial charge < -0.3 is 9.73 Å². The molecule has 1 aromatic heterocycles. The Labute approximate surface area is 71.6 Å². The Morgan fingerprint density at radius 2 is 2.55 bits per heavy atom. The van der Waals surface area contributed by atoms with Crippen molar-refractivity contribution in [2.24, 2.45) is 0 Å². The maximum absolute atomic E-state index is 5.14. The van der Waals surface area contributed by atoms with Crippen molar-refractivity contribution in [1.29, 1.82) is 0 Å². The van der Waals surface area contributed by atoms with Crippen LogP contribution >= 0.6 is 12.4 Å². The second kappa shape index (κ2) is 3.74. The summed E-state index contributed by atoms with van der Waals surface area (Å²) in [6.07, 6.45) is 5.69. The van der Waals surface area contributed by atoms with Crippen molar-refractivity contribution in [3.63, 3.8) is 0 Å². The zero-order valence-electron chi connectivity index (χ0n) is 6.12. The van der Waals surface area contributed by atoms with E-state index < -0.39 is 0 Å². The fourth-order valence-electron chi connectivity index (χ4n) is 1.30. The highest BCUT2D eigenvalue weighted by Gasteiger charge is 2.19. The van der Waals surface area contributed by atoms with Crippen LogP contribution in [0, 0.1) is 0 Å². The molecule has 1 unspecified atom stereocenters. The number of nitrogens with zero attached hydrogens (tertiary/aromatic N) is 1. The monoisotopic (exact) mass is 174 g/mol. The lowest BCUT2D eigenvalue weighted by Gasteiger charge is -2.02. The maximum atomic E-state index is 5.14. The van der Waals surface area contributed by atoms with Gasteiger partial charge in [0.05, 0.1) is 12.2 Å². The molecule has 1 fully saturated rings. The van der Waals surface area contributed by atoms with E-state index >= 15 is 0 Å². The van der Waals surface area contributed by atoms with Crippen molar-refractivity contribution in [2.75, 3.05) is 6.54 Å². The lowest BCUT2D eigenvalue weighted by atomic mass is 10.2. The summed E-state index contributed by atoms with van der Waals surface area (Å²) in [6.45, 7) is 1.09. The van der Waals surface area contributed by atoms with E-state index in [4.69, 9.17) is 4.42 Å². The van der Waals surface area contributed by atoms with E-state index in [0.29, 0.717) is 6.04 Å². The van der Waals surface area contributed by atoms with Gasteiger partial charge in [0, 0.05) is 0 Å². The van der Waals surface area contributed by atoms with Crippen LogP contribution in [0.3, 0.4) is 0 Å². The van der Waals surface area contributed by atoms with E-state index in [9.17, 15) is 0 Å². The summed E-state index contributed by atoms with van der Waals surface area (Å²) in [7, 11) is 0. The predicted molar refractivity (Wildman–Crippen MR) is 43.7 cm³/mol. The largest absolute Gasteiger partial charge is 0.447 e. The number of nitrogens with one attached hydrogen (secondary N) is 1. The van der Waals surface area contributed by atoms with Crippen molar-refractivity contribution in [1.82, 2.24) is 10.3 Å². The predicted octanol–water partition coefficient (Wildman–Crippen LogP) is 1.52. The first-order valence-electron chi connectivity index (χ1n) is 3.59. The molecule has 0 amide bonds. The van der Waals surface area contributed by atoms with Crippen LogP contribution in [0.5, 0.6) is 0 Å². The highest BCUT2D eigenvalue weighted by atomic mass is 35.5. The summed E-state index contributed by atoms with van der Waals surface area (Å²) in [5.74, 6) is 0.831. The highest BCUT2D eigenvalue weighted by molar-refractivity contribution is 5.85. The number of oxazole rings is 1. The van der Waals surface area contributed by atoms with Gasteiger partial charge in [-0.25, -0.2) is 4.98 Å². The van der Waals surface area contributed by atoms with Crippen LogP contribution in [-0.2, 0) is 0 Å². The Hall–Kier alpha value is -0.540. The van der Waals surface area contributed by atoms with Gasteiger partial charge in [-0.15, -0.1) is 12.4 Å². The van der Waals surface area contributed by atoms with Gasteiger partial charge in [0.1, 0.15) is 6.26 Å². The third-order valence-corrected chi connectivity index (χ3v) is 1.81. The van der Waals surface area contributed by atoms with Crippen LogP contribution in [0.15, 0.2) is 16.9 Å². The van der Waals surface area contributed by atoms with Crippen molar-refractivity contribution >= 4 is 12.4 Å². The number of aromatic nitrogens is 1. The average molecular weight is 175 g/mol. The molecule has 3 nitrogen and oxygen atoms in total. The first-order valence-corrected chi connectivity index (χ1v) is 3.59. The molecule has 2 heterocycles. The van der Waals surface area contributed by atoms with E-state index in [1.54, 1.807) is 12.5 Å². The fraction of sp³-hybridized carbons (Fsp3) is 0.571. The number of hydrogen-bond donors (Lipinski definition) is 1. The van der Waals surface area contributed by atoms with Gasteiger partial charge in [-0.3, -0.25) is 0 Å². The molecule has 0 bridgehead atoms. The minimum Gasteiger partial charge on any atom is -0.447 e. The van der Waals surface area contributed by atoms with E-state index in [2.05, 4.69) is 10.3 Å². The smallest absolute Gasteiger partial charge is 0.211 e. The fourth-order valence-corrected chi connectivity index (χ4v) is 1.30. The molecule has 0 radical (unpaired) electrons. The van der Waals surface area contributed by atoms with Gasteiger partial charge in [-0.2, -0.15) is 0 Å². The van der Waals surface area contributed by atoms with E-state index in [-0.39, 0.29) is 12.4 Å². The lowest BCUT2D eigenvalue weighted by molar-refractivity contribution is 0.429. The van der Waals surface area contributed by atoms with Gasteiger partial charge in [0.15, 0.2) is 0 Å². The van der Waals surface area contributed by atoms with Crippen LogP contribution in [0.25, 0.3) is 0 Å². The van der Waals surface area contributed by atoms with Crippen molar-refractivity contribution in [2.45, 2.75) is 18.9 Å². The summed E-state index contributed by atoms with van der Waals surface area (Å²) in [6, 6.07) is 0.370. The molecular formula is C7H11ClN2O. The van der Waals surface area contributed by atoms with Crippen LogP contribution in [0.2, 0.25) is 0 Å². The van der Waals surface area contributed by atoms with Gasteiger partial charge in [0.25, 0.3) is 0 Å². The van der Waals surface area contributed by atoms with Crippen LogP contribution < -0.4 is 5.32 Å². The summed E-state index contributed by atoms with van der Waals surface area (Å²) in [5.41, 5.74) is 0. The molecule has 1 saturated heterocycles. The van der Waals surface area contributed by atoms with Gasteiger partial charge in [-0.05, 0) is 19.4 Å². The molecular weight excluding hydrogens is 164 g/mol. The van der Waals surface area contributed by atoms with Crippen molar-refractivity contribution < 1.29 is 4.42 Å². The first-order chi connectivity index (χ1) is 4.97. The Balaban J connectivity index is 0.000000605. The number of rotatable bonds is 1. The molecule has 1 aromatic rings. The summed E-state index contributed by atoms with van der Waals surface area (Å²) >= 11 is 0. The summed E-state index contributed by atoms with van der Waals surface area (Å²) in [5, 5.41) is 3.30. The van der Waals surface area contributed by atoms with Crippen LogP contribution in [0.1, 0.15) is 24.8 Å². The molecule has 0 saturated carbocycles. The molecule has 62 valence electrons. The minimum absolute atomic E-state index is 0. The average Bonchev–Trinajstić information content (AvgIpc) is 2.59. The summed E-state index contributed by atoms with van der Waals surface area (Å²) in [4.78, 5) is 4.07. The molecule has 11 heavy (non-hydrogen) atoms. The molecule has 2 rings (SSSR count). The zero-order chi connectivity index (χ0) is 6.81. The molecule has 0 aromatic carbocycles. The van der Waals surface area contributed by atoms with E-state index in [1.807, 2.05) is 0 Å². The maximum Gasteiger partial charge on any atom is 0.211 e. The lowest BCUT2D eigenvalue weighted by Crippen LogP contribution is -2.12. The van der Waals surface area contributed by atoms with E-state index in [1.165, 1.54) is 6.42 Å². The topological polar surface area (TPSA) is 38.1 Å². The highest BCUT2D eigenvalue weighted by Crippen LogP contribution is 2.20. The van der Waals surface area contributed by atoms with E-state index in [0.717, 1.165) is 18.9 Å². The Morgan fingerprint density at radius 3 is 3.09 bits per heavy atom. The van der Waals surface area contributed by atoms with Gasteiger partial charge in [0.2, 0.25) is 5.89 Å². The number of hydrogen-bond acceptors (Lipinski definition) is 3. The minimum atomic E-state index is 0. The molecule has 1 aliphatic heterocycles. The second-order valence-electron chi connectivity index (χ2n) is 2.52. The van der Waals surface area contributed by atoms with Gasteiger partial charge in [-0.1, -0.05) is 0 Å². The first kappa shape index (κ1) is 8.56.